The van der Waals surface area contributed by atoms with Crippen LogP contribution in [-0.2, 0) is 32.6 Å². The highest BCUT2D eigenvalue weighted by Gasteiger charge is 2.45. The van der Waals surface area contributed by atoms with E-state index in [0.29, 0.717) is 6.61 Å². The number of ether oxygens (including phenoxy) is 4. The SMILES string of the molecule is BC1OCC(OP(=O)(O)OC2C(B)OCC2OC)C1OC(C)C. The quantitative estimate of drug-likeness (QED) is 0.445. The van der Waals surface area contributed by atoms with Gasteiger partial charge < -0.3 is 23.8 Å². The molecule has 0 aromatic carbocycles. The van der Waals surface area contributed by atoms with E-state index in [1.165, 1.54) is 7.11 Å². The average Bonchev–Trinajstić information content (AvgIpc) is 2.95. The van der Waals surface area contributed by atoms with Crippen molar-refractivity contribution in [3.8, 4) is 0 Å². The standard InChI is InChI=1S/C12H25B2O8P/c1-6(2)20-9-8(5-19-11(9)13)21-23(15,16)22-10-7(17-3)4-18-12(10)14/h6-12H,4-5,13-14H2,1-3H3,(H,15,16). The second kappa shape index (κ2) is 7.97. The van der Waals surface area contributed by atoms with E-state index in [1.807, 2.05) is 21.7 Å². The minimum atomic E-state index is -4.31. The molecular formula is C12H25B2O8P. The molecule has 0 aromatic heterocycles. The Morgan fingerprint density at radius 2 is 1.65 bits per heavy atom. The second-order valence-electron chi connectivity index (χ2n) is 6.18. The van der Waals surface area contributed by atoms with Crippen molar-refractivity contribution in [3.63, 3.8) is 0 Å². The van der Waals surface area contributed by atoms with Gasteiger partial charge in [-0.2, -0.15) is 0 Å². The van der Waals surface area contributed by atoms with Gasteiger partial charge in [0.25, 0.3) is 0 Å². The zero-order valence-corrected chi connectivity index (χ0v) is 15.1. The summed E-state index contributed by atoms with van der Waals surface area (Å²) in [5.74, 6) is 0. The molecular weight excluding hydrogens is 325 g/mol. The predicted octanol–water partition coefficient (Wildman–Crippen LogP) is -1.36. The maximum atomic E-state index is 12.4. The van der Waals surface area contributed by atoms with Gasteiger partial charge >= 0.3 is 7.82 Å². The fraction of sp³-hybridized carbons (Fsp3) is 1.00. The Balaban J connectivity index is 1.98. The van der Waals surface area contributed by atoms with E-state index < -0.39 is 32.2 Å². The van der Waals surface area contributed by atoms with Gasteiger partial charge in [0.2, 0.25) is 0 Å². The van der Waals surface area contributed by atoms with E-state index in [1.54, 1.807) is 7.85 Å². The fourth-order valence-electron chi connectivity index (χ4n) is 2.79. The minimum absolute atomic E-state index is 0.0460. The van der Waals surface area contributed by atoms with E-state index in [2.05, 4.69) is 0 Å². The van der Waals surface area contributed by atoms with Crippen LogP contribution in [0.1, 0.15) is 13.8 Å². The molecule has 2 aliphatic rings. The third-order valence-corrected chi connectivity index (χ3v) is 5.01. The molecule has 0 radical (unpaired) electrons. The van der Waals surface area contributed by atoms with Crippen LogP contribution >= 0.6 is 7.82 Å². The Morgan fingerprint density at radius 3 is 2.22 bits per heavy atom. The van der Waals surface area contributed by atoms with Crippen LogP contribution in [0.2, 0.25) is 0 Å². The number of rotatable bonds is 7. The summed E-state index contributed by atoms with van der Waals surface area (Å²) >= 11 is 0. The summed E-state index contributed by atoms with van der Waals surface area (Å²) in [5, 5.41) is 0. The zero-order chi connectivity index (χ0) is 17.2. The van der Waals surface area contributed by atoms with Crippen molar-refractivity contribution in [2.45, 2.75) is 56.4 Å². The highest BCUT2D eigenvalue weighted by Crippen LogP contribution is 2.49. The van der Waals surface area contributed by atoms with Crippen LogP contribution in [0.3, 0.4) is 0 Å². The molecule has 8 nitrogen and oxygen atoms in total. The third kappa shape index (κ3) is 5.03. The molecule has 0 aromatic rings. The van der Waals surface area contributed by atoms with Crippen LogP contribution in [-0.4, -0.2) is 83.4 Å². The van der Waals surface area contributed by atoms with Gasteiger partial charge in [-0.1, -0.05) is 0 Å². The van der Waals surface area contributed by atoms with Gasteiger partial charge in [0.1, 0.15) is 40.1 Å². The van der Waals surface area contributed by atoms with Crippen LogP contribution in [0.5, 0.6) is 0 Å². The molecule has 0 spiro atoms. The van der Waals surface area contributed by atoms with E-state index in [-0.39, 0.29) is 24.7 Å². The second-order valence-corrected chi connectivity index (χ2v) is 7.54. The Kier molecular flexibility index (Phi) is 6.73. The topological polar surface area (TPSA) is 92.7 Å². The normalized spacial score (nSPS) is 40.6. The average molecular weight is 350 g/mol. The summed E-state index contributed by atoms with van der Waals surface area (Å²) in [5.41, 5.74) is 0. The molecule has 0 saturated carbocycles. The first kappa shape index (κ1) is 19.4. The van der Waals surface area contributed by atoms with Crippen molar-refractivity contribution >= 4 is 23.5 Å². The predicted molar refractivity (Wildman–Crippen MR) is 86.9 cm³/mol. The van der Waals surface area contributed by atoms with Gasteiger partial charge in [-0.05, 0) is 13.8 Å². The van der Waals surface area contributed by atoms with Crippen molar-refractivity contribution in [3.05, 3.63) is 0 Å². The molecule has 2 aliphatic heterocycles. The molecule has 1 N–H and O–H groups in total. The maximum absolute atomic E-state index is 12.4. The summed E-state index contributed by atoms with van der Waals surface area (Å²) < 4.78 is 44.8. The molecule has 2 heterocycles. The Morgan fingerprint density at radius 1 is 1.09 bits per heavy atom. The number of phosphoric ester groups is 1. The van der Waals surface area contributed by atoms with Crippen LogP contribution in [0.25, 0.3) is 0 Å². The summed E-state index contributed by atoms with van der Waals surface area (Å²) in [4.78, 5) is 10.1. The van der Waals surface area contributed by atoms with Crippen molar-refractivity contribution in [1.29, 1.82) is 0 Å². The van der Waals surface area contributed by atoms with Crippen LogP contribution in [0, 0.1) is 0 Å². The number of phosphoric acid groups is 1. The van der Waals surface area contributed by atoms with Gasteiger partial charge in [-0.3, -0.25) is 9.05 Å². The van der Waals surface area contributed by atoms with Crippen LogP contribution < -0.4 is 0 Å². The molecule has 2 rings (SSSR count). The smallest absolute Gasteiger partial charge is 0.382 e. The summed E-state index contributed by atoms with van der Waals surface area (Å²) in [6, 6.07) is -0.576. The lowest BCUT2D eigenvalue weighted by Crippen LogP contribution is -2.38. The molecule has 132 valence electrons. The van der Waals surface area contributed by atoms with Crippen molar-refractivity contribution in [2.75, 3.05) is 20.3 Å². The van der Waals surface area contributed by atoms with Gasteiger partial charge in [0.05, 0.1) is 31.3 Å². The van der Waals surface area contributed by atoms with E-state index >= 15 is 0 Å². The van der Waals surface area contributed by atoms with Crippen LogP contribution in [0.4, 0.5) is 0 Å². The van der Waals surface area contributed by atoms with E-state index in [0.717, 1.165) is 0 Å². The first-order valence-electron chi connectivity index (χ1n) is 7.84. The zero-order valence-electron chi connectivity index (χ0n) is 14.2. The molecule has 0 bridgehead atoms. The molecule has 7 unspecified atom stereocenters. The molecule has 0 aliphatic carbocycles. The molecule has 0 amide bonds. The van der Waals surface area contributed by atoms with E-state index in [9.17, 15) is 9.46 Å². The molecule has 2 saturated heterocycles. The molecule has 23 heavy (non-hydrogen) atoms. The molecule has 2 fully saturated rings. The Bertz CT molecular complexity index is 439. The van der Waals surface area contributed by atoms with Crippen LogP contribution in [0.15, 0.2) is 0 Å². The highest BCUT2D eigenvalue weighted by molar-refractivity contribution is 7.47. The third-order valence-electron chi connectivity index (χ3n) is 3.96. The summed E-state index contributed by atoms with van der Waals surface area (Å²) in [7, 11) is 0.798. The Labute approximate surface area is 138 Å². The van der Waals surface area contributed by atoms with Crippen molar-refractivity contribution in [1.82, 2.24) is 0 Å². The lowest BCUT2D eigenvalue weighted by molar-refractivity contribution is -0.0559. The van der Waals surface area contributed by atoms with E-state index in [4.69, 9.17) is 28.0 Å². The monoisotopic (exact) mass is 350 g/mol. The van der Waals surface area contributed by atoms with Gasteiger partial charge in [-0.25, -0.2) is 4.57 Å². The fourth-order valence-corrected chi connectivity index (χ4v) is 3.97. The number of hydrogen-bond acceptors (Lipinski definition) is 7. The first-order chi connectivity index (χ1) is 10.7. The Hall–Kier alpha value is 0.0799. The first-order valence-corrected chi connectivity index (χ1v) is 9.34. The minimum Gasteiger partial charge on any atom is -0.382 e. The lowest BCUT2D eigenvalue weighted by Gasteiger charge is -2.27. The molecule has 11 heteroatoms. The summed E-state index contributed by atoms with van der Waals surface area (Å²) in [6.07, 6.45) is -2.21. The van der Waals surface area contributed by atoms with Gasteiger partial charge in [-0.15, -0.1) is 0 Å². The van der Waals surface area contributed by atoms with Gasteiger partial charge in [0, 0.05) is 7.11 Å². The van der Waals surface area contributed by atoms with Gasteiger partial charge in [0.15, 0.2) is 0 Å². The number of methoxy groups -OCH3 is 1. The number of hydrogen-bond donors (Lipinski definition) is 1. The maximum Gasteiger partial charge on any atom is 0.473 e. The van der Waals surface area contributed by atoms with Crippen molar-refractivity contribution in [2.24, 2.45) is 0 Å². The largest absolute Gasteiger partial charge is 0.473 e. The lowest BCUT2D eigenvalue weighted by atomic mass is 9.93. The van der Waals surface area contributed by atoms with Crippen molar-refractivity contribution < 1.29 is 37.5 Å². The highest BCUT2D eigenvalue weighted by atomic mass is 31.2. The molecule has 7 atom stereocenters. The summed E-state index contributed by atoms with van der Waals surface area (Å²) in [6.45, 7) is 4.26.